The molecule has 17 heavy (non-hydrogen) atoms. The van der Waals surface area contributed by atoms with Gasteiger partial charge in [0, 0.05) is 5.41 Å². The molecule has 1 aliphatic carbocycles. The van der Waals surface area contributed by atoms with Crippen molar-refractivity contribution in [2.45, 2.75) is 26.1 Å². The molecule has 1 heterocycles. The fourth-order valence-electron chi connectivity index (χ4n) is 2.16. The molecule has 0 aromatic heterocycles. The van der Waals surface area contributed by atoms with E-state index < -0.39 is 11.8 Å². The van der Waals surface area contributed by atoms with E-state index in [0.29, 0.717) is 13.2 Å². The zero-order chi connectivity index (χ0) is 12.7. The molecule has 1 fully saturated rings. The first-order valence-corrected chi connectivity index (χ1v) is 5.72. The molecule has 0 saturated carbocycles. The van der Waals surface area contributed by atoms with Gasteiger partial charge in [-0.2, -0.15) is 0 Å². The van der Waals surface area contributed by atoms with Crippen molar-refractivity contribution in [1.29, 1.82) is 0 Å². The molecule has 4 heteroatoms. The summed E-state index contributed by atoms with van der Waals surface area (Å²) >= 11 is 0. The molecule has 0 bridgehead atoms. The Kier molecular flexibility index (Phi) is 2.87. The molecule has 1 N–H and O–H groups in total. The number of ether oxygens (including phenoxy) is 2. The van der Waals surface area contributed by atoms with Gasteiger partial charge >= 0.3 is 5.97 Å². The molecule has 0 amide bonds. The van der Waals surface area contributed by atoms with Crippen molar-refractivity contribution >= 4 is 5.97 Å². The number of allylic oxidation sites excluding steroid dienone is 1. The van der Waals surface area contributed by atoms with Crippen LogP contribution in [0.15, 0.2) is 24.3 Å². The molecule has 1 saturated heterocycles. The Bertz CT molecular complexity index is 371. The zero-order valence-electron chi connectivity index (χ0n) is 10.2. The topological polar surface area (TPSA) is 55.8 Å². The van der Waals surface area contributed by atoms with Crippen LogP contribution in [0.5, 0.6) is 0 Å². The Morgan fingerprint density at radius 3 is 2.65 bits per heavy atom. The van der Waals surface area contributed by atoms with Crippen molar-refractivity contribution in [2.24, 2.45) is 11.3 Å². The van der Waals surface area contributed by atoms with Crippen LogP contribution in [-0.4, -0.2) is 30.1 Å². The lowest BCUT2D eigenvalue weighted by Crippen LogP contribution is -2.50. The van der Waals surface area contributed by atoms with E-state index in [9.17, 15) is 4.79 Å². The molecule has 2 aliphatic rings. The van der Waals surface area contributed by atoms with Crippen molar-refractivity contribution in [3.05, 3.63) is 24.3 Å². The fraction of sp³-hybridized carbons (Fsp3) is 0.615. The standard InChI is InChI=1S/C13H18O4/c1-9-4-5-13(10(9)6-11(14)15)16-7-12(2,3)8-17-13/h4-5,10H,1,6-8H2,2-3H3,(H,14,15). The average Bonchev–Trinajstić information content (AvgIpc) is 2.52. The maximum atomic E-state index is 10.9. The number of carbonyl (C=O) groups is 1. The van der Waals surface area contributed by atoms with Crippen LogP contribution < -0.4 is 0 Å². The molecular formula is C13H18O4. The third-order valence-corrected chi connectivity index (χ3v) is 3.22. The van der Waals surface area contributed by atoms with Gasteiger partial charge in [-0.25, -0.2) is 0 Å². The first-order valence-electron chi connectivity index (χ1n) is 5.72. The molecule has 4 nitrogen and oxygen atoms in total. The Labute approximate surface area is 101 Å². The molecule has 1 spiro atoms. The van der Waals surface area contributed by atoms with Crippen LogP contribution in [0.4, 0.5) is 0 Å². The Balaban J connectivity index is 2.16. The largest absolute Gasteiger partial charge is 0.481 e. The van der Waals surface area contributed by atoms with E-state index in [1.807, 2.05) is 0 Å². The van der Waals surface area contributed by atoms with Crippen molar-refractivity contribution < 1.29 is 19.4 Å². The maximum Gasteiger partial charge on any atom is 0.304 e. The van der Waals surface area contributed by atoms with Crippen LogP contribution in [0.25, 0.3) is 0 Å². The minimum absolute atomic E-state index is 0.0216. The quantitative estimate of drug-likeness (QED) is 0.799. The predicted octanol–water partition coefficient (Wildman–Crippen LogP) is 1.97. The second-order valence-electron chi connectivity index (χ2n) is 5.52. The second-order valence-corrected chi connectivity index (χ2v) is 5.52. The van der Waals surface area contributed by atoms with E-state index in [0.717, 1.165) is 5.57 Å². The van der Waals surface area contributed by atoms with Crippen molar-refractivity contribution in [3.8, 4) is 0 Å². The van der Waals surface area contributed by atoms with Gasteiger partial charge in [0.2, 0.25) is 0 Å². The van der Waals surface area contributed by atoms with Crippen LogP contribution >= 0.6 is 0 Å². The van der Waals surface area contributed by atoms with E-state index in [4.69, 9.17) is 14.6 Å². The monoisotopic (exact) mass is 238 g/mol. The summed E-state index contributed by atoms with van der Waals surface area (Å²) in [5.41, 5.74) is 0.726. The summed E-state index contributed by atoms with van der Waals surface area (Å²) < 4.78 is 11.6. The van der Waals surface area contributed by atoms with Gasteiger partial charge in [0.05, 0.1) is 25.6 Å². The summed E-state index contributed by atoms with van der Waals surface area (Å²) in [6, 6.07) is 0. The van der Waals surface area contributed by atoms with Gasteiger partial charge in [-0.3, -0.25) is 4.79 Å². The summed E-state index contributed by atoms with van der Waals surface area (Å²) in [4.78, 5) is 10.9. The Morgan fingerprint density at radius 1 is 1.53 bits per heavy atom. The highest BCUT2D eigenvalue weighted by Gasteiger charge is 2.49. The summed E-state index contributed by atoms with van der Waals surface area (Å²) in [5, 5.41) is 8.93. The summed E-state index contributed by atoms with van der Waals surface area (Å²) in [5.74, 6) is -2.10. The highest BCUT2D eigenvalue weighted by atomic mass is 16.7. The van der Waals surface area contributed by atoms with Gasteiger partial charge in [-0.1, -0.05) is 26.5 Å². The van der Waals surface area contributed by atoms with Crippen molar-refractivity contribution in [3.63, 3.8) is 0 Å². The molecule has 0 radical (unpaired) electrons. The van der Waals surface area contributed by atoms with Crippen LogP contribution in [0.2, 0.25) is 0 Å². The maximum absolute atomic E-state index is 10.9. The minimum atomic E-state index is -0.912. The number of aliphatic carboxylic acids is 1. The van der Waals surface area contributed by atoms with E-state index in [1.54, 1.807) is 12.2 Å². The Morgan fingerprint density at radius 2 is 2.12 bits per heavy atom. The van der Waals surface area contributed by atoms with Crippen molar-refractivity contribution in [1.82, 2.24) is 0 Å². The van der Waals surface area contributed by atoms with Gasteiger partial charge in [0.25, 0.3) is 0 Å². The lowest BCUT2D eigenvalue weighted by atomic mass is 9.90. The third kappa shape index (κ3) is 2.28. The number of hydrogen-bond acceptors (Lipinski definition) is 3. The van der Waals surface area contributed by atoms with Gasteiger partial charge in [-0.05, 0) is 11.6 Å². The normalized spacial score (nSPS) is 29.8. The van der Waals surface area contributed by atoms with Crippen LogP contribution in [0, 0.1) is 11.3 Å². The van der Waals surface area contributed by atoms with E-state index in [1.165, 1.54) is 0 Å². The van der Waals surface area contributed by atoms with Crippen LogP contribution in [0.1, 0.15) is 20.3 Å². The van der Waals surface area contributed by atoms with Gasteiger partial charge in [0.15, 0.2) is 5.79 Å². The molecule has 0 aromatic rings. The molecule has 2 rings (SSSR count). The van der Waals surface area contributed by atoms with Gasteiger partial charge in [0.1, 0.15) is 0 Å². The average molecular weight is 238 g/mol. The van der Waals surface area contributed by atoms with Gasteiger partial charge < -0.3 is 14.6 Å². The van der Waals surface area contributed by atoms with Crippen LogP contribution in [0.3, 0.4) is 0 Å². The minimum Gasteiger partial charge on any atom is -0.481 e. The highest BCUT2D eigenvalue weighted by molar-refractivity contribution is 5.68. The SMILES string of the molecule is C=C1C=CC2(OCC(C)(C)CO2)C1CC(=O)O. The van der Waals surface area contributed by atoms with Crippen molar-refractivity contribution in [2.75, 3.05) is 13.2 Å². The third-order valence-electron chi connectivity index (χ3n) is 3.22. The number of carboxylic acid groups (broad SMARTS) is 1. The first-order chi connectivity index (χ1) is 7.85. The number of rotatable bonds is 2. The highest BCUT2D eigenvalue weighted by Crippen LogP contribution is 2.43. The number of hydrogen-bond donors (Lipinski definition) is 1. The molecule has 1 atom stereocenters. The smallest absolute Gasteiger partial charge is 0.304 e. The number of carboxylic acids is 1. The lowest BCUT2D eigenvalue weighted by molar-refractivity contribution is -0.287. The second kappa shape index (κ2) is 3.96. The fourth-order valence-corrected chi connectivity index (χ4v) is 2.16. The predicted molar refractivity (Wildman–Crippen MR) is 62.4 cm³/mol. The molecule has 94 valence electrons. The van der Waals surface area contributed by atoms with Crippen LogP contribution in [-0.2, 0) is 14.3 Å². The molecular weight excluding hydrogens is 220 g/mol. The molecule has 0 aromatic carbocycles. The summed E-state index contributed by atoms with van der Waals surface area (Å²) in [6.07, 6.45) is 3.57. The zero-order valence-corrected chi connectivity index (χ0v) is 10.2. The molecule has 1 aliphatic heterocycles. The van der Waals surface area contributed by atoms with Gasteiger partial charge in [-0.15, -0.1) is 0 Å². The van der Waals surface area contributed by atoms with E-state index >= 15 is 0 Å². The summed E-state index contributed by atoms with van der Waals surface area (Å²) in [6.45, 7) is 9.09. The van der Waals surface area contributed by atoms with E-state index in [2.05, 4.69) is 20.4 Å². The Hall–Kier alpha value is -1.13. The summed E-state index contributed by atoms with van der Waals surface area (Å²) in [7, 11) is 0. The lowest BCUT2D eigenvalue weighted by Gasteiger charge is -2.43. The van der Waals surface area contributed by atoms with E-state index in [-0.39, 0.29) is 17.8 Å². The molecule has 1 unspecified atom stereocenters. The first kappa shape index (κ1) is 12.3.